The zero-order chi connectivity index (χ0) is 16.9. The molecule has 1 aromatic heterocycles. The van der Waals surface area contributed by atoms with Gasteiger partial charge in [-0.25, -0.2) is 4.98 Å². The zero-order valence-electron chi connectivity index (χ0n) is 12.4. The molecule has 0 N–H and O–H groups in total. The summed E-state index contributed by atoms with van der Waals surface area (Å²) in [5.41, 5.74) is -1.04. The Labute approximate surface area is 140 Å². The molecule has 5 nitrogen and oxygen atoms in total. The second kappa shape index (κ2) is 7.94. The van der Waals surface area contributed by atoms with E-state index in [4.69, 9.17) is 4.74 Å². The van der Waals surface area contributed by atoms with Gasteiger partial charge in [-0.15, -0.1) is 0 Å². The van der Waals surface area contributed by atoms with Gasteiger partial charge in [-0.2, -0.15) is 18.2 Å². The van der Waals surface area contributed by atoms with Gasteiger partial charge in [0, 0.05) is 24.5 Å². The molecule has 1 amide bonds. The van der Waals surface area contributed by atoms with Crippen molar-refractivity contribution in [3.8, 4) is 6.01 Å². The Bertz CT molecular complexity index is 542. The Kier molecular flexibility index (Phi) is 6.20. The summed E-state index contributed by atoms with van der Waals surface area (Å²) < 4.78 is 43.3. The Morgan fingerprint density at radius 1 is 1.48 bits per heavy atom. The SMILES string of the molecule is O=C(CCCBr)N1CCCC(Oc2nccc(C(F)(F)F)n2)C1. The van der Waals surface area contributed by atoms with Crippen molar-refractivity contribution in [3.05, 3.63) is 18.0 Å². The Morgan fingerprint density at radius 2 is 2.26 bits per heavy atom. The maximum atomic E-state index is 12.6. The van der Waals surface area contributed by atoms with Gasteiger partial charge in [-0.3, -0.25) is 4.79 Å². The van der Waals surface area contributed by atoms with Crippen molar-refractivity contribution in [2.75, 3.05) is 18.4 Å². The molecule has 1 aromatic rings. The highest BCUT2D eigenvalue weighted by Gasteiger charge is 2.33. The van der Waals surface area contributed by atoms with Gasteiger partial charge in [0.25, 0.3) is 0 Å². The molecule has 2 rings (SSSR count). The first-order chi connectivity index (χ1) is 10.9. The number of alkyl halides is 4. The number of amides is 1. The molecule has 0 saturated carbocycles. The van der Waals surface area contributed by atoms with E-state index in [1.807, 2.05) is 0 Å². The van der Waals surface area contributed by atoms with E-state index in [9.17, 15) is 18.0 Å². The van der Waals surface area contributed by atoms with E-state index in [-0.39, 0.29) is 18.0 Å². The number of likely N-dealkylation sites (tertiary alicyclic amines) is 1. The van der Waals surface area contributed by atoms with E-state index < -0.39 is 11.9 Å². The van der Waals surface area contributed by atoms with Gasteiger partial charge in [0.05, 0.1) is 6.54 Å². The number of nitrogens with zero attached hydrogens (tertiary/aromatic N) is 3. The maximum Gasteiger partial charge on any atom is 0.433 e. The fourth-order valence-electron chi connectivity index (χ4n) is 2.34. The van der Waals surface area contributed by atoms with Crippen molar-refractivity contribution in [2.24, 2.45) is 0 Å². The van der Waals surface area contributed by atoms with Crippen LogP contribution in [0.2, 0.25) is 0 Å². The molecule has 0 radical (unpaired) electrons. The summed E-state index contributed by atoms with van der Waals surface area (Å²) in [7, 11) is 0. The molecule has 23 heavy (non-hydrogen) atoms. The van der Waals surface area contributed by atoms with Crippen LogP contribution in [0, 0.1) is 0 Å². The van der Waals surface area contributed by atoms with Crippen LogP contribution in [0.3, 0.4) is 0 Å². The van der Waals surface area contributed by atoms with Gasteiger partial charge in [0.1, 0.15) is 6.10 Å². The van der Waals surface area contributed by atoms with Crippen LogP contribution in [0.25, 0.3) is 0 Å². The molecule has 9 heteroatoms. The third kappa shape index (κ3) is 5.33. The predicted octanol–water partition coefficient (Wildman–Crippen LogP) is 3.04. The van der Waals surface area contributed by atoms with Gasteiger partial charge >= 0.3 is 12.2 Å². The number of aromatic nitrogens is 2. The van der Waals surface area contributed by atoms with Gasteiger partial charge < -0.3 is 9.64 Å². The number of hydrogen-bond acceptors (Lipinski definition) is 4. The second-order valence-corrected chi connectivity index (χ2v) is 6.03. The van der Waals surface area contributed by atoms with E-state index >= 15 is 0 Å². The Hall–Kier alpha value is -1.38. The van der Waals surface area contributed by atoms with Crippen LogP contribution >= 0.6 is 15.9 Å². The molecule has 0 aromatic carbocycles. The molecule has 128 valence electrons. The summed E-state index contributed by atoms with van der Waals surface area (Å²) in [6, 6.07) is 0.490. The third-order valence-corrected chi connectivity index (χ3v) is 4.01. The van der Waals surface area contributed by atoms with E-state index in [2.05, 4.69) is 25.9 Å². The molecule has 2 heterocycles. The van der Waals surface area contributed by atoms with E-state index in [0.29, 0.717) is 25.9 Å². The molecule has 1 fully saturated rings. The van der Waals surface area contributed by atoms with Crippen molar-refractivity contribution in [1.82, 2.24) is 14.9 Å². The summed E-state index contributed by atoms with van der Waals surface area (Å²) in [6.45, 7) is 0.991. The van der Waals surface area contributed by atoms with Crippen molar-refractivity contribution in [3.63, 3.8) is 0 Å². The summed E-state index contributed by atoms with van der Waals surface area (Å²) >= 11 is 3.28. The largest absolute Gasteiger partial charge is 0.458 e. The molecule has 0 spiro atoms. The number of ether oxygens (including phenoxy) is 1. The molecule has 1 aliphatic rings. The van der Waals surface area contributed by atoms with Crippen LogP contribution in [0.1, 0.15) is 31.4 Å². The minimum absolute atomic E-state index is 0.0303. The number of carbonyl (C=O) groups excluding carboxylic acids is 1. The number of piperidine rings is 1. The second-order valence-electron chi connectivity index (χ2n) is 5.24. The van der Waals surface area contributed by atoms with Crippen LogP contribution in [-0.2, 0) is 11.0 Å². The fourth-order valence-corrected chi connectivity index (χ4v) is 2.62. The van der Waals surface area contributed by atoms with Crippen LogP contribution in [-0.4, -0.2) is 45.3 Å². The van der Waals surface area contributed by atoms with Crippen LogP contribution < -0.4 is 4.74 Å². The first-order valence-corrected chi connectivity index (χ1v) is 8.43. The molecule has 0 aliphatic carbocycles. The van der Waals surface area contributed by atoms with Crippen LogP contribution in [0.5, 0.6) is 6.01 Å². The van der Waals surface area contributed by atoms with Gasteiger partial charge in [-0.05, 0) is 25.3 Å². The third-order valence-electron chi connectivity index (χ3n) is 3.45. The minimum Gasteiger partial charge on any atom is -0.458 e. The van der Waals surface area contributed by atoms with Crippen molar-refractivity contribution < 1.29 is 22.7 Å². The van der Waals surface area contributed by atoms with E-state index in [1.54, 1.807) is 4.90 Å². The smallest absolute Gasteiger partial charge is 0.433 e. The molecule has 1 unspecified atom stereocenters. The van der Waals surface area contributed by atoms with Gasteiger partial charge in [0.2, 0.25) is 5.91 Å². The molecule has 0 bridgehead atoms. The summed E-state index contributed by atoms with van der Waals surface area (Å²) in [5.74, 6) is 0.0303. The lowest BCUT2D eigenvalue weighted by Gasteiger charge is -2.32. The Morgan fingerprint density at radius 3 is 2.96 bits per heavy atom. The predicted molar refractivity (Wildman–Crippen MR) is 80.3 cm³/mol. The van der Waals surface area contributed by atoms with Crippen molar-refractivity contribution in [2.45, 2.75) is 38.0 Å². The first-order valence-electron chi connectivity index (χ1n) is 7.31. The zero-order valence-corrected chi connectivity index (χ0v) is 13.9. The number of hydrogen-bond donors (Lipinski definition) is 0. The van der Waals surface area contributed by atoms with Crippen molar-refractivity contribution >= 4 is 21.8 Å². The number of halogens is 4. The maximum absolute atomic E-state index is 12.6. The standard InChI is InChI=1S/C14H17BrF3N3O2/c15-6-1-4-12(22)21-8-2-3-10(9-21)23-13-19-7-5-11(20-13)14(16,17)18/h5,7,10H,1-4,6,8-9H2. The quantitative estimate of drug-likeness (QED) is 0.719. The Balaban J connectivity index is 1.96. The minimum atomic E-state index is -4.54. The summed E-state index contributed by atoms with van der Waals surface area (Å²) in [4.78, 5) is 20.8. The van der Waals surface area contributed by atoms with Crippen LogP contribution in [0.15, 0.2) is 12.3 Å². The van der Waals surface area contributed by atoms with Crippen molar-refractivity contribution in [1.29, 1.82) is 0 Å². The molecular weight excluding hydrogens is 379 g/mol. The highest BCUT2D eigenvalue weighted by atomic mass is 79.9. The first kappa shape index (κ1) is 18.0. The lowest BCUT2D eigenvalue weighted by Crippen LogP contribution is -2.44. The lowest BCUT2D eigenvalue weighted by molar-refractivity contribution is -0.141. The highest BCUT2D eigenvalue weighted by Crippen LogP contribution is 2.28. The fraction of sp³-hybridized carbons (Fsp3) is 0.643. The van der Waals surface area contributed by atoms with E-state index in [1.165, 1.54) is 0 Å². The topological polar surface area (TPSA) is 55.3 Å². The lowest BCUT2D eigenvalue weighted by atomic mass is 10.1. The normalized spacial score (nSPS) is 18.8. The van der Waals surface area contributed by atoms with Gasteiger partial charge in [0.15, 0.2) is 5.69 Å². The average Bonchev–Trinajstić information content (AvgIpc) is 2.52. The molecular formula is C14H17BrF3N3O2. The molecule has 1 saturated heterocycles. The average molecular weight is 396 g/mol. The monoisotopic (exact) mass is 395 g/mol. The number of carbonyl (C=O) groups is 1. The van der Waals surface area contributed by atoms with Gasteiger partial charge in [-0.1, -0.05) is 15.9 Å². The summed E-state index contributed by atoms with van der Waals surface area (Å²) in [5, 5.41) is 0.755. The molecule has 1 aliphatic heterocycles. The van der Waals surface area contributed by atoms with E-state index in [0.717, 1.165) is 30.4 Å². The molecule has 1 atom stereocenters. The number of rotatable bonds is 5. The van der Waals surface area contributed by atoms with Crippen LogP contribution in [0.4, 0.5) is 13.2 Å². The highest BCUT2D eigenvalue weighted by molar-refractivity contribution is 9.09. The summed E-state index contributed by atoms with van der Waals surface area (Å²) in [6.07, 6.45) is -1.32.